The number of allylic oxidation sites excluding steroid dienone is 2. The second kappa shape index (κ2) is 10.8. The molecule has 0 bridgehead atoms. The summed E-state index contributed by atoms with van der Waals surface area (Å²) in [5.41, 5.74) is -2.19. The summed E-state index contributed by atoms with van der Waals surface area (Å²) in [4.78, 5) is 61.6. The molecule has 7 rings (SSSR count). The molecule has 49 heavy (non-hydrogen) atoms. The zero-order chi connectivity index (χ0) is 35.5. The topological polar surface area (TPSA) is 138 Å². The highest BCUT2D eigenvalue weighted by Crippen LogP contribution is 2.66. The summed E-state index contributed by atoms with van der Waals surface area (Å²) < 4.78 is 72.9. The van der Waals surface area contributed by atoms with E-state index in [1.165, 1.54) is 42.5 Å². The number of nitro groups is 1. The van der Waals surface area contributed by atoms with Crippen LogP contribution in [0.1, 0.15) is 24.3 Å². The van der Waals surface area contributed by atoms with Gasteiger partial charge in [0.25, 0.3) is 17.5 Å². The molecule has 6 atom stereocenters. The molecule has 252 valence electrons. The van der Waals surface area contributed by atoms with Crippen LogP contribution in [0.3, 0.4) is 0 Å². The summed E-state index contributed by atoms with van der Waals surface area (Å²) >= 11 is 14.0. The van der Waals surface area contributed by atoms with Gasteiger partial charge in [-0.05, 0) is 37.0 Å². The summed E-state index contributed by atoms with van der Waals surface area (Å²) in [7, 11) is 0. The first-order valence-corrected chi connectivity index (χ1v) is 15.2. The summed E-state index contributed by atoms with van der Waals surface area (Å²) in [6.07, 6.45) is 0.631. The Kier molecular flexibility index (Phi) is 7.20. The SMILES string of the molecule is O=C1C2CC=C3C(CC4(Cl)C(=O)N(c5c(F)c(F)c(F)c(F)c5F)C(=O)C4(Cl)C3c3ccccc3O)C2C(=O)N1c1ccc([N+](=O)[O-])cc1. The van der Waals surface area contributed by atoms with E-state index in [2.05, 4.69) is 0 Å². The van der Waals surface area contributed by atoms with E-state index < -0.39 is 109 Å². The van der Waals surface area contributed by atoms with E-state index in [1.807, 2.05) is 0 Å². The lowest BCUT2D eigenvalue weighted by Gasteiger charge is -2.50. The number of hydrogen-bond acceptors (Lipinski definition) is 7. The van der Waals surface area contributed by atoms with Crippen LogP contribution in [-0.4, -0.2) is 43.4 Å². The highest BCUT2D eigenvalue weighted by atomic mass is 35.5. The van der Waals surface area contributed by atoms with Crippen LogP contribution >= 0.6 is 23.2 Å². The zero-order valence-electron chi connectivity index (χ0n) is 24.3. The molecular formula is C32H18Cl2F5N3O7. The van der Waals surface area contributed by atoms with Crippen molar-refractivity contribution >= 4 is 63.9 Å². The summed E-state index contributed by atoms with van der Waals surface area (Å²) in [6.45, 7) is 0. The van der Waals surface area contributed by atoms with Crippen LogP contribution in [0.4, 0.5) is 39.0 Å². The van der Waals surface area contributed by atoms with Crippen LogP contribution in [0, 0.1) is 57.0 Å². The number of benzene rings is 3. The van der Waals surface area contributed by atoms with Crippen LogP contribution in [0.25, 0.3) is 0 Å². The van der Waals surface area contributed by atoms with Gasteiger partial charge in [-0.25, -0.2) is 26.9 Å². The number of phenols is 1. The minimum absolute atomic E-state index is 0.00139. The Morgan fingerprint density at radius 3 is 1.98 bits per heavy atom. The van der Waals surface area contributed by atoms with Crippen molar-refractivity contribution in [3.8, 4) is 5.75 Å². The van der Waals surface area contributed by atoms with Crippen LogP contribution in [0.5, 0.6) is 5.75 Å². The number of anilines is 2. The van der Waals surface area contributed by atoms with Gasteiger partial charge in [-0.15, -0.1) is 23.2 Å². The number of amides is 4. The van der Waals surface area contributed by atoms with Gasteiger partial charge in [-0.2, -0.15) is 0 Å². The van der Waals surface area contributed by atoms with E-state index in [0.29, 0.717) is 0 Å². The highest BCUT2D eigenvalue weighted by molar-refractivity contribution is 6.58. The predicted molar refractivity (Wildman–Crippen MR) is 160 cm³/mol. The summed E-state index contributed by atoms with van der Waals surface area (Å²) in [5, 5.41) is 22.1. The van der Waals surface area contributed by atoms with Gasteiger partial charge in [-0.1, -0.05) is 29.8 Å². The van der Waals surface area contributed by atoms with Gasteiger partial charge >= 0.3 is 0 Å². The van der Waals surface area contributed by atoms with Crippen molar-refractivity contribution in [3.05, 3.63) is 105 Å². The van der Waals surface area contributed by atoms with Gasteiger partial charge in [0.1, 0.15) is 11.4 Å². The Bertz CT molecular complexity index is 2070. The number of phenolic OH excluding ortho intramolecular Hbond substituents is 1. The number of hydrogen-bond donors (Lipinski definition) is 1. The Morgan fingerprint density at radius 1 is 0.796 bits per heavy atom. The third-order valence-electron chi connectivity index (χ3n) is 9.79. The summed E-state index contributed by atoms with van der Waals surface area (Å²) in [6, 6.07) is 9.89. The van der Waals surface area contributed by atoms with Crippen molar-refractivity contribution in [2.45, 2.75) is 28.5 Å². The number of halogens is 7. The molecule has 0 aromatic heterocycles. The van der Waals surface area contributed by atoms with Crippen molar-refractivity contribution in [2.24, 2.45) is 17.8 Å². The smallest absolute Gasteiger partial charge is 0.269 e. The van der Waals surface area contributed by atoms with Crippen molar-refractivity contribution in [1.82, 2.24) is 0 Å². The Labute approximate surface area is 281 Å². The molecule has 4 aliphatic rings. The number of rotatable bonds is 4. The van der Waals surface area contributed by atoms with Gasteiger partial charge in [0.15, 0.2) is 33.0 Å². The molecular weight excluding hydrogens is 704 g/mol. The van der Waals surface area contributed by atoms with Crippen LogP contribution in [-0.2, 0) is 19.2 Å². The maximum atomic E-state index is 15.1. The predicted octanol–water partition coefficient (Wildman–Crippen LogP) is 5.76. The molecule has 10 nitrogen and oxygen atoms in total. The van der Waals surface area contributed by atoms with Gasteiger partial charge < -0.3 is 5.11 Å². The molecule has 0 radical (unpaired) electrons. The number of alkyl halides is 2. The van der Waals surface area contributed by atoms with E-state index in [9.17, 15) is 47.6 Å². The van der Waals surface area contributed by atoms with E-state index in [4.69, 9.17) is 23.2 Å². The molecule has 2 aliphatic carbocycles. The number of para-hydroxylation sites is 1. The van der Waals surface area contributed by atoms with E-state index in [-0.39, 0.29) is 33.8 Å². The second-order valence-electron chi connectivity index (χ2n) is 12.0. The normalized spacial score (nSPS) is 29.2. The first-order chi connectivity index (χ1) is 23.1. The third kappa shape index (κ3) is 4.11. The Morgan fingerprint density at radius 2 is 1.39 bits per heavy atom. The number of nitro benzene ring substituents is 1. The fourth-order valence-electron chi connectivity index (χ4n) is 7.62. The molecule has 2 aliphatic heterocycles. The fourth-order valence-corrected chi connectivity index (χ4v) is 8.55. The average Bonchev–Trinajstić information content (AvgIpc) is 3.41. The molecule has 3 aromatic carbocycles. The minimum atomic E-state index is -2.77. The van der Waals surface area contributed by atoms with Crippen molar-refractivity contribution in [3.63, 3.8) is 0 Å². The Balaban J connectivity index is 1.40. The van der Waals surface area contributed by atoms with Crippen LogP contribution in [0.2, 0.25) is 0 Å². The molecule has 2 saturated heterocycles. The number of imide groups is 2. The number of carbonyl (C=O) groups excluding carboxylic acids is 4. The fraction of sp³-hybridized carbons (Fsp3) is 0.250. The van der Waals surface area contributed by atoms with Crippen LogP contribution in [0.15, 0.2) is 60.2 Å². The monoisotopic (exact) mass is 721 g/mol. The molecule has 2 heterocycles. The molecule has 4 amide bonds. The maximum Gasteiger partial charge on any atom is 0.269 e. The number of carbonyl (C=O) groups is 4. The molecule has 6 unspecified atom stereocenters. The second-order valence-corrected chi connectivity index (χ2v) is 13.3. The number of fused-ring (bicyclic) bond motifs is 4. The van der Waals surface area contributed by atoms with Gasteiger partial charge in [0, 0.05) is 23.6 Å². The van der Waals surface area contributed by atoms with Gasteiger partial charge in [-0.3, -0.25) is 34.2 Å². The lowest BCUT2D eigenvalue weighted by atomic mass is 9.56. The first-order valence-electron chi connectivity index (χ1n) is 14.5. The standard InChI is InChI=1S/C32H18Cl2F5N3O7/c33-31-11-17-14(9-10-16-19(17)28(45)40(27(16)44)12-5-7-13(8-6-12)42(48)49)20(15-3-1-2-4-18(15)43)32(31,34)30(47)41(29(31)46)26-24(38)22(36)21(35)23(37)25(26)39/h1-9,16-17,19-20,43H,10-11H2. The number of aromatic hydroxyl groups is 1. The quantitative estimate of drug-likeness (QED) is 0.0528. The van der Waals surface area contributed by atoms with E-state index in [0.717, 1.165) is 17.0 Å². The van der Waals surface area contributed by atoms with Gasteiger partial charge in [0.2, 0.25) is 17.6 Å². The third-order valence-corrected chi connectivity index (χ3v) is 11.2. The lowest BCUT2D eigenvalue weighted by Crippen LogP contribution is -2.60. The first kappa shape index (κ1) is 32.6. The molecule has 0 spiro atoms. The van der Waals surface area contributed by atoms with Crippen molar-refractivity contribution in [2.75, 3.05) is 9.80 Å². The summed E-state index contributed by atoms with van der Waals surface area (Å²) in [5.74, 6) is -22.9. The highest BCUT2D eigenvalue weighted by Gasteiger charge is 2.77. The lowest BCUT2D eigenvalue weighted by molar-refractivity contribution is -0.384. The van der Waals surface area contributed by atoms with Gasteiger partial charge in [0.05, 0.1) is 22.4 Å². The zero-order valence-corrected chi connectivity index (χ0v) is 25.8. The van der Waals surface area contributed by atoms with Crippen LogP contribution < -0.4 is 9.80 Å². The average molecular weight is 722 g/mol. The van der Waals surface area contributed by atoms with Crippen molar-refractivity contribution < 1.29 is 51.2 Å². The molecule has 1 saturated carbocycles. The molecule has 17 heteroatoms. The minimum Gasteiger partial charge on any atom is -0.508 e. The maximum absolute atomic E-state index is 15.1. The molecule has 3 aromatic rings. The van der Waals surface area contributed by atoms with Crippen molar-refractivity contribution in [1.29, 1.82) is 0 Å². The largest absolute Gasteiger partial charge is 0.508 e. The Hall–Kier alpha value is -4.89. The van der Waals surface area contributed by atoms with E-state index in [1.54, 1.807) is 0 Å². The molecule has 1 N–H and O–H groups in total. The number of nitrogens with zero attached hydrogens (tertiary/aromatic N) is 3. The number of non-ortho nitro benzene ring substituents is 1. The van der Waals surface area contributed by atoms with E-state index >= 15 is 8.78 Å². The molecule has 3 fully saturated rings.